The van der Waals surface area contributed by atoms with E-state index in [-0.39, 0.29) is 18.3 Å². The van der Waals surface area contributed by atoms with Gasteiger partial charge >= 0.3 is 7.12 Å². The molecule has 0 spiro atoms. The first kappa shape index (κ1) is 16.8. The zero-order chi connectivity index (χ0) is 16.1. The predicted molar refractivity (Wildman–Crippen MR) is 88.9 cm³/mol. The molecule has 0 aromatic heterocycles. The molecule has 0 saturated carbocycles. The van der Waals surface area contributed by atoms with Crippen molar-refractivity contribution in [1.29, 1.82) is 0 Å². The SMILES string of the molecule is CC1(C)OB(c2ccc(Cl)c(C[N+](C)(C)C)c2)OC1(C)C. The summed E-state index contributed by atoms with van der Waals surface area (Å²) in [7, 11) is 6.12. The first-order chi connectivity index (χ1) is 9.41. The van der Waals surface area contributed by atoms with Crippen LogP contribution in [-0.2, 0) is 15.9 Å². The highest BCUT2D eigenvalue weighted by atomic mass is 35.5. The van der Waals surface area contributed by atoms with Crippen LogP contribution in [-0.4, -0.2) is 43.9 Å². The van der Waals surface area contributed by atoms with E-state index in [1.54, 1.807) is 0 Å². The van der Waals surface area contributed by atoms with Gasteiger partial charge in [0.25, 0.3) is 0 Å². The molecular formula is C16H26BClNO2+. The minimum Gasteiger partial charge on any atom is -0.399 e. The second kappa shape index (κ2) is 5.27. The van der Waals surface area contributed by atoms with Gasteiger partial charge in [-0.1, -0.05) is 23.7 Å². The topological polar surface area (TPSA) is 18.5 Å². The summed E-state index contributed by atoms with van der Waals surface area (Å²) in [6.07, 6.45) is 0. The minimum atomic E-state index is -0.335. The molecule has 21 heavy (non-hydrogen) atoms. The summed E-state index contributed by atoms with van der Waals surface area (Å²) in [5, 5.41) is 0.795. The molecule has 0 aliphatic carbocycles. The van der Waals surface area contributed by atoms with E-state index in [1.165, 1.54) is 0 Å². The van der Waals surface area contributed by atoms with Gasteiger partial charge in [-0.05, 0) is 39.2 Å². The summed E-state index contributed by atoms with van der Waals surface area (Å²) >= 11 is 6.33. The van der Waals surface area contributed by atoms with Crippen molar-refractivity contribution in [3.63, 3.8) is 0 Å². The number of nitrogens with zero attached hydrogens (tertiary/aromatic N) is 1. The number of hydrogen-bond acceptors (Lipinski definition) is 2. The third kappa shape index (κ3) is 3.62. The van der Waals surface area contributed by atoms with E-state index in [2.05, 4.69) is 54.9 Å². The van der Waals surface area contributed by atoms with Gasteiger partial charge in [-0.2, -0.15) is 0 Å². The molecule has 0 amide bonds. The Labute approximate surface area is 133 Å². The van der Waals surface area contributed by atoms with Gasteiger partial charge in [-0.25, -0.2) is 0 Å². The second-order valence-corrected chi connectivity index (χ2v) is 8.29. The summed E-state index contributed by atoms with van der Waals surface area (Å²) in [6.45, 7) is 9.13. The Kier molecular flexibility index (Phi) is 4.22. The van der Waals surface area contributed by atoms with Crippen LogP contribution in [0.25, 0.3) is 0 Å². The van der Waals surface area contributed by atoms with Gasteiger partial charge in [0.2, 0.25) is 0 Å². The molecule has 1 aliphatic heterocycles. The fraction of sp³-hybridized carbons (Fsp3) is 0.625. The molecule has 1 aromatic rings. The van der Waals surface area contributed by atoms with Crippen molar-refractivity contribution in [2.24, 2.45) is 0 Å². The Morgan fingerprint density at radius 2 is 1.57 bits per heavy atom. The lowest BCUT2D eigenvalue weighted by atomic mass is 9.78. The summed E-state index contributed by atoms with van der Waals surface area (Å²) < 4.78 is 13.0. The number of quaternary nitrogens is 1. The monoisotopic (exact) mass is 310 g/mol. The summed E-state index contributed by atoms with van der Waals surface area (Å²) in [4.78, 5) is 0. The van der Waals surface area contributed by atoms with Crippen molar-refractivity contribution in [3.05, 3.63) is 28.8 Å². The molecule has 1 aliphatic rings. The first-order valence-corrected chi connectivity index (χ1v) is 7.73. The average Bonchev–Trinajstić information content (AvgIpc) is 2.49. The van der Waals surface area contributed by atoms with Crippen LogP contribution in [0.3, 0.4) is 0 Å². The third-order valence-electron chi connectivity index (χ3n) is 4.24. The zero-order valence-electron chi connectivity index (χ0n) is 14.2. The molecule has 5 heteroatoms. The smallest absolute Gasteiger partial charge is 0.399 e. The fourth-order valence-electron chi connectivity index (χ4n) is 2.35. The maximum absolute atomic E-state index is 6.33. The Balaban J connectivity index is 2.29. The molecule has 0 N–H and O–H groups in total. The van der Waals surface area contributed by atoms with Crippen LogP contribution in [0.4, 0.5) is 0 Å². The second-order valence-electron chi connectivity index (χ2n) is 7.89. The molecule has 1 saturated heterocycles. The number of rotatable bonds is 3. The van der Waals surface area contributed by atoms with Crippen molar-refractivity contribution in [2.45, 2.75) is 45.4 Å². The molecule has 0 bridgehead atoms. The Bertz CT molecular complexity index is 522. The normalized spacial score (nSPS) is 20.9. The van der Waals surface area contributed by atoms with E-state index in [0.717, 1.165) is 27.1 Å². The fourth-order valence-corrected chi connectivity index (χ4v) is 2.53. The zero-order valence-corrected chi connectivity index (χ0v) is 14.9. The van der Waals surface area contributed by atoms with Crippen LogP contribution in [0.5, 0.6) is 0 Å². The largest absolute Gasteiger partial charge is 0.494 e. The van der Waals surface area contributed by atoms with Gasteiger partial charge in [-0.3, -0.25) is 0 Å². The molecule has 3 nitrogen and oxygen atoms in total. The van der Waals surface area contributed by atoms with Gasteiger partial charge in [-0.15, -0.1) is 0 Å². The Morgan fingerprint density at radius 3 is 2.05 bits per heavy atom. The summed E-state index contributed by atoms with van der Waals surface area (Å²) in [5.41, 5.74) is 1.51. The van der Waals surface area contributed by atoms with Crippen LogP contribution in [0.1, 0.15) is 33.3 Å². The maximum Gasteiger partial charge on any atom is 0.494 e. The van der Waals surface area contributed by atoms with E-state index >= 15 is 0 Å². The van der Waals surface area contributed by atoms with Crippen molar-refractivity contribution in [2.75, 3.05) is 21.1 Å². The highest BCUT2D eigenvalue weighted by Crippen LogP contribution is 2.36. The van der Waals surface area contributed by atoms with Crippen molar-refractivity contribution in [3.8, 4) is 0 Å². The lowest BCUT2D eigenvalue weighted by Crippen LogP contribution is -2.41. The molecular weight excluding hydrogens is 284 g/mol. The van der Waals surface area contributed by atoms with Crippen molar-refractivity contribution >= 4 is 24.2 Å². The lowest BCUT2D eigenvalue weighted by Gasteiger charge is -2.32. The van der Waals surface area contributed by atoms with Crippen LogP contribution in [0, 0.1) is 0 Å². The predicted octanol–water partition coefficient (Wildman–Crippen LogP) is 2.85. The van der Waals surface area contributed by atoms with Crippen LogP contribution >= 0.6 is 11.6 Å². The number of halogens is 1. The molecule has 1 fully saturated rings. The van der Waals surface area contributed by atoms with Gasteiger partial charge in [0, 0.05) is 10.6 Å². The van der Waals surface area contributed by atoms with Crippen molar-refractivity contribution < 1.29 is 13.8 Å². The summed E-state index contributed by atoms with van der Waals surface area (Å²) in [5.74, 6) is 0. The van der Waals surface area contributed by atoms with Gasteiger partial charge in [0.05, 0.1) is 32.3 Å². The molecule has 0 atom stereocenters. The van der Waals surface area contributed by atoms with Gasteiger partial charge in [0.1, 0.15) is 6.54 Å². The minimum absolute atomic E-state index is 0.322. The van der Waals surface area contributed by atoms with E-state index in [1.807, 2.05) is 12.1 Å². The standard InChI is InChI=1S/C16H26BClNO2/c1-15(2)16(3,4)21-17(20-15)13-8-9-14(18)12(10-13)11-19(5,6)7/h8-10H,11H2,1-7H3/q+1. The van der Waals surface area contributed by atoms with Gasteiger partial charge < -0.3 is 13.8 Å². The highest BCUT2D eigenvalue weighted by Gasteiger charge is 2.51. The van der Waals surface area contributed by atoms with Crippen LogP contribution < -0.4 is 5.46 Å². The molecule has 2 rings (SSSR count). The first-order valence-electron chi connectivity index (χ1n) is 7.36. The Morgan fingerprint density at radius 1 is 1.05 bits per heavy atom. The molecule has 116 valence electrons. The lowest BCUT2D eigenvalue weighted by molar-refractivity contribution is -0.883. The van der Waals surface area contributed by atoms with E-state index < -0.39 is 0 Å². The molecule has 0 radical (unpaired) electrons. The van der Waals surface area contributed by atoms with Crippen LogP contribution in [0.15, 0.2) is 18.2 Å². The highest BCUT2D eigenvalue weighted by molar-refractivity contribution is 6.62. The average molecular weight is 311 g/mol. The van der Waals surface area contributed by atoms with E-state index in [9.17, 15) is 0 Å². The third-order valence-corrected chi connectivity index (χ3v) is 4.61. The molecule has 1 heterocycles. The number of benzene rings is 1. The summed E-state index contributed by atoms with van der Waals surface area (Å²) in [6, 6.07) is 6.03. The maximum atomic E-state index is 6.33. The molecule has 1 aromatic carbocycles. The Hall–Kier alpha value is -0.545. The van der Waals surface area contributed by atoms with Gasteiger partial charge in [0.15, 0.2) is 0 Å². The van der Waals surface area contributed by atoms with Crippen LogP contribution in [0.2, 0.25) is 5.02 Å². The van der Waals surface area contributed by atoms with Crippen molar-refractivity contribution in [1.82, 2.24) is 0 Å². The quantitative estimate of drug-likeness (QED) is 0.631. The molecule has 0 unspecified atom stereocenters. The van der Waals surface area contributed by atoms with E-state index in [0.29, 0.717) is 0 Å². The number of hydrogen-bond donors (Lipinski definition) is 0. The van der Waals surface area contributed by atoms with E-state index in [4.69, 9.17) is 20.9 Å².